The van der Waals surface area contributed by atoms with Crippen LogP contribution in [-0.4, -0.2) is 42.6 Å². The van der Waals surface area contributed by atoms with Gasteiger partial charge >= 0.3 is 0 Å². The average molecular weight is 258 g/mol. The van der Waals surface area contributed by atoms with E-state index >= 15 is 0 Å². The molecule has 3 heteroatoms. The number of ether oxygens (including phenoxy) is 1. The minimum atomic E-state index is 0.137. The molecule has 2 aliphatic rings. The van der Waals surface area contributed by atoms with E-state index in [1.807, 2.05) is 0 Å². The summed E-state index contributed by atoms with van der Waals surface area (Å²) in [7, 11) is 0. The SMILES string of the molecule is C=C1CCC(OCCN2CCCCC2)C(Cl)C1. The summed E-state index contributed by atoms with van der Waals surface area (Å²) in [5.74, 6) is 0. The van der Waals surface area contributed by atoms with Crippen LogP contribution >= 0.6 is 11.6 Å². The van der Waals surface area contributed by atoms with Crippen molar-refractivity contribution < 1.29 is 4.74 Å². The first kappa shape index (κ1) is 13.4. The highest BCUT2D eigenvalue weighted by atomic mass is 35.5. The van der Waals surface area contributed by atoms with Crippen molar-refractivity contribution in [3.05, 3.63) is 12.2 Å². The predicted molar refractivity (Wildman–Crippen MR) is 72.7 cm³/mol. The second kappa shape index (κ2) is 6.77. The summed E-state index contributed by atoms with van der Waals surface area (Å²) in [4.78, 5) is 2.51. The van der Waals surface area contributed by atoms with Crippen molar-refractivity contribution in [3.63, 3.8) is 0 Å². The number of hydrogen-bond donors (Lipinski definition) is 0. The van der Waals surface area contributed by atoms with E-state index in [9.17, 15) is 0 Å². The molecule has 0 aromatic carbocycles. The number of nitrogens with zero attached hydrogens (tertiary/aromatic N) is 1. The molecule has 0 spiro atoms. The van der Waals surface area contributed by atoms with Crippen LogP contribution in [0.3, 0.4) is 0 Å². The topological polar surface area (TPSA) is 12.5 Å². The molecule has 2 unspecified atom stereocenters. The molecule has 98 valence electrons. The fraction of sp³-hybridized carbons (Fsp3) is 0.857. The van der Waals surface area contributed by atoms with Crippen LogP contribution < -0.4 is 0 Å². The summed E-state index contributed by atoms with van der Waals surface area (Å²) >= 11 is 6.30. The van der Waals surface area contributed by atoms with E-state index in [4.69, 9.17) is 16.3 Å². The second-order valence-corrected chi connectivity index (χ2v) is 5.88. The number of piperidine rings is 1. The Balaban J connectivity index is 1.62. The molecule has 0 amide bonds. The van der Waals surface area contributed by atoms with Crippen LogP contribution in [0.4, 0.5) is 0 Å². The van der Waals surface area contributed by atoms with E-state index in [1.165, 1.54) is 37.9 Å². The molecule has 0 bridgehead atoms. The molecular formula is C14H24ClNO. The van der Waals surface area contributed by atoms with Gasteiger partial charge in [-0.25, -0.2) is 0 Å². The van der Waals surface area contributed by atoms with Crippen molar-refractivity contribution in [1.82, 2.24) is 4.90 Å². The summed E-state index contributed by atoms with van der Waals surface area (Å²) in [6, 6.07) is 0. The van der Waals surface area contributed by atoms with Crippen molar-refractivity contribution in [2.45, 2.75) is 50.0 Å². The first-order valence-corrected chi connectivity index (χ1v) is 7.34. The average Bonchev–Trinajstić information content (AvgIpc) is 2.33. The second-order valence-electron chi connectivity index (χ2n) is 5.32. The van der Waals surface area contributed by atoms with Gasteiger partial charge in [0.25, 0.3) is 0 Å². The highest BCUT2D eigenvalue weighted by Gasteiger charge is 2.25. The zero-order valence-corrected chi connectivity index (χ0v) is 11.4. The highest BCUT2D eigenvalue weighted by Crippen LogP contribution is 2.28. The Morgan fingerprint density at radius 3 is 2.76 bits per heavy atom. The fourth-order valence-electron chi connectivity index (χ4n) is 2.74. The summed E-state index contributed by atoms with van der Waals surface area (Å²) < 4.78 is 5.93. The number of allylic oxidation sites excluding steroid dienone is 1. The Hall–Kier alpha value is -0.0500. The number of alkyl halides is 1. The maximum absolute atomic E-state index is 6.30. The van der Waals surface area contributed by atoms with Crippen LogP contribution in [0.5, 0.6) is 0 Å². The molecule has 17 heavy (non-hydrogen) atoms. The van der Waals surface area contributed by atoms with Crippen molar-refractivity contribution >= 4 is 11.6 Å². The Morgan fingerprint density at radius 2 is 2.06 bits per heavy atom. The van der Waals surface area contributed by atoms with Gasteiger partial charge in [-0.2, -0.15) is 0 Å². The smallest absolute Gasteiger partial charge is 0.0745 e. The molecule has 0 radical (unpaired) electrons. The van der Waals surface area contributed by atoms with Crippen LogP contribution in [0.25, 0.3) is 0 Å². The van der Waals surface area contributed by atoms with E-state index in [0.717, 1.165) is 32.4 Å². The molecule has 0 N–H and O–H groups in total. The minimum Gasteiger partial charge on any atom is -0.375 e. The number of rotatable bonds is 4. The molecule has 2 fully saturated rings. The quantitative estimate of drug-likeness (QED) is 0.567. The highest BCUT2D eigenvalue weighted by molar-refractivity contribution is 6.21. The van der Waals surface area contributed by atoms with Gasteiger partial charge < -0.3 is 9.64 Å². The van der Waals surface area contributed by atoms with Crippen LogP contribution in [-0.2, 0) is 4.74 Å². The zero-order chi connectivity index (χ0) is 12.1. The Labute approximate surface area is 110 Å². The lowest BCUT2D eigenvalue weighted by Crippen LogP contribution is -2.36. The van der Waals surface area contributed by atoms with Gasteiger partial charge in [0.15, 0.2) is 0 Å². The summed E-state index contributed by atoms with van der Waals surface area (Å²) in [5.41, 5.74) is 1.28. The maximum Gasteiger partial charge on any atom is 0.0745 e. The van der Waals surface area contributed by atoms with E-state index in [-0.39, 0.29) is 11.5 Å². The minimum absolute atomic E-state index is 0.137. The molecule has 0 aromatic rings. The number of hydrogen-bond acceptors (Lipinski definition) is 2. The predicted octanol–water partition coefficient (Wildman–Crippen LogP) is 3.21. The lowest BCUT2D eigenvalue weighted by atomic mass is 9.93. The number of halogens is 1. The van der Waals surface area contributed by atoms with Gasteiger partial charge in [-0.15, -0.1) is 11.6 Å². The molecule has 2 nitrogen and oxygen atoms in total. The lowest BCUT2D eigenvalue weighted by molar-refractivity contribution is 0.0223. The summed E-state index contributed by atoms with van der Waals surface area (Å²) in [5, 5.41) is 0.137. The van der Waals surface area contributed by atoms with Crippen molar-refractivity contribution in [2.75, 3.05) is 26.2 Å². The van der Waals surface area contributed by atoms with Gasteiger partial charge in [-0.05, 0) is 45.2 Å². The van der Waals surface area contributed by atoms with Crippen LogP contribution in [0, 0.1) is 0 Å². The van der Waals surface area contributed by atoms with Crippen molar-refractivity contribution in [2.24, 2.45) is 0 Å². The normalized spacial score (nSPS) is 31.7. The van der Waals surface area contributed by atoms with Crippen molar-refractivity contribution in [3.8, 4) is 0 Å². The fourth-order valence-corrected chi connectivity index (χ4v) is 3.16. The van der Waals surface area contributed by atoms with Gasteiger partial charge in [-0.1, -0.05) is 18.6 Å². The maximum atomic E-state index is 6.30. The Morgan fingerprint density at radius 1 is 1.29 bits per heavy atom. The first-order valence-electron chi connectivity index (χ1n) is 6.90. The molecule has 1 saturated heterocycles. The largest absolute Gasteiger partial charge is 0.375 e. The summed E-state index contributed by atoms with van der Waals surface area (Å²) in [6.07, 6.45) is 7.39. The Bertz CT molecular complexity index is 251. The van der Waals surface area contributed by atoms with Gasteiger partial charge in [0.1, 0.15) is 0 Å². The van der Waals surface area contributed by atoms with Gasteiger partial charge in [0.05, 0.1) is 18.1 Å². The van der Waals surface area contributed by atoms with Crippen molar-refractivity contribution in [1.29, 1.82) is 0 Å². The molecule has 1 heterocycles. The van der Waals surface area contributed by atoms with Crippen LogP contribution in [0.2, 0.25) is 0 Å². The molecule has 2 atom stereocenters. The standard InChI is InChI=1S/C14H24ClNO/c1-12-5-6-14(13(15)11-12)17-10-9-16-7-3-2-4-8-16/h13-14H,1-11H2. The lowest BCUT2D eigenvalue weighted by Gasteiger charge is -2.31. The third kappa shape index (κ3) is 4.27. The summed E-state index contributed by atoms with van der Waals surface area (Å²) in [6.45, 7) is 8.40. The molecule has 1 saturated carbocycles. The third-order valence-electron chi connectivity index (χ3n) is 3.86. The van der Waals surface area contributed by atoms with E-state index in [2.05, 4.69) is 11.5 Å². The molecular weight excluding hydrogens is 234 g/mol. The third-order valence-corrected chi connectivity index (χ3v) is 4.29. The van der Waals surface area contributed by atoms with E-state index in [0.29, 0.717) is 0 Å². The van der Waals surface area contributed by atoms with Gasteiger partial charge in [0, 0.05) is 6.54 Å². The van der Waals surface area contributed by atoms with E-state index in [1.54, 1.807) is 0 Å². The monoisotopic (exact) mass is 257 g/mol. The molecule has 1 aliphatic carbocycles. The molecule has 0 aromatic heterocycles. The van der Waals surface area contributed by atoms with E-state index < -0.39 is 0 Å². The number of likely N-dealkylation sites (tertiary alicyclic amines) is 1. The molecule has 1 aliphatic heterocycles. The first-order chi connectivity index (χ1) is 8.25. The zero-order valence-electron chi connectivity index (χ0n) is 10.7. The van der Waals surface area contributed by atoms with Gasteiger partial charge in [0.2, 0.25) is 0 Å². The Kier molecular flexibility index (Phi) is 5.33. The molecule has 2 rings (SSSR count). The van der Waals surface area contributed by atoms with Crippen LogP contribution in [0.15, 0.2) is 12.2 Å². The van der Waals surface area contributed by atoms with Gasteiger partial charge in [-0.3, -0.25) is 0 Å². The van der Waals surface area contributed by atoms with Crippen LogP contribution in [0.1, 0.15) is 38.5 Å².